The monoisotopic (exact) mass is 187 g/mol. The van der Waals surface area contributed by atoms with Gasteiger partial charge in [-0.2, -0.15) is 0 Å². The molecule has 0 unspecified atom stereocenters. The summed E-state index contributed by atoms with van der Waals surface area (Å²) in [6, 6.07) is 0. The molecule has 0 aromatic heterocycles. The molecule has 0 atom stereocenters. The maximum absolute atomic E-state index is 13.4. The van der Waals surface area contributed by atoms with Crippen molar-refractivity contribution < 1.29 is 8.78 Å². The first kappa shape index (κ1) is 10.4. The quantitative estimate of drug-likeness (QED) is 0.595. The van der Waals surface area contributed by atoms with Crippen molar-refractivity contribution in [1.82, 2.24) is 0 Å². The summed E-state index contributed by atoms with van der Waals surface area (Å²) in [5, 5.41) is 0. The van der Waals surface area contributed by atoms with Gasteiger partial charge in [0.15, 0.2) is 0 Å². The second-order valence-electron chi connectivity index (χ2n) is 3.73. The highest BCUT2D eigenvalue weighted by molar-refractivity contribution is 4.82. The highest BCUT2D eigenvalue weighted by atomic mass is 19.3. The van der Waals surface area contributed by atoms with Crippen LogP contribution >= 0.6 is 0 Å². The molecule has 0 saturated heterocycles. The molecule has 1 nitrogen and oxygen atoms in total. The Morgan fingerprint density at radius 1 is 1.23 bits per heavy atom. The van der Waals surface area contributed by atoms with Crippen molar-refractivity contribution in [2.45, 2.75) is 44.4 Å². The minimum absolute atomic E-state index is 0.0382. The van der Waals surface area contributed by atoms with Crippen LogP contribution in [0, 0.1) is 12.5 Å². The Morgan fingerprint density at radius 3 is 2.38 bits per heavy atom. The van der Waals surface area contributed by atoms with Gasteiger partial charge in [0, 0.05) is 5.92 Å². The SMILES string of the molecule is [C-]#[N+]CCC(F)(F)C1CCCCC1. The Bertz CT molecular complexity index is 190. The molecule has 74 valence electrons. The number of hydrogen-bond donors (Lipinski definition) is 0. The molecule has 0 bridgehead atoms. The van der Waals surface area contributed by atoms with Crippen LogP contribution in [0.3, 0.4) is 0 Å². The van der Waals surface area contributed by atoms with Crippen LogP contribution in [0.1, 0.15) is 38.5 Å². The number of rotatable bonds is 3. The molecule has 0 heterocycles. The van der Waals surface area contributed by atoms with E-state index in [1.54, 1.807) is 0 Å². The number of halogens is 2. The van der Waals surface area contributed by atoms with E-state index in [2.05, 4.69) is 4.85 Å². The van der Waals surface area contributed by atoms with Crippen LogP contribution in [0.4, 0.5) is 8.78 Å². The zero-order chi connectivity index (χ0) is 9.73. The number of hydrogen-bond acceptors (Lipinski definition) is 0. The highest BCUT2D eigenvalue weighted by Crippen LogP contribution is 2.38. The summed E-state index contributed by atoms with van der Waals surface area (Å²) in [7, 11) is 0. The third-order valence-electron chi connectivity index (χ3n) is 2.76. The Hall–Kier alpha value is -0.650. The van der Waals surface area contributed by atoms with E-state index in [9.17, 15) is 8.78 Å². The molecular weight excluding hydrogens is 172 g/mol. The third-order valence-corrected chi connectivity index (χ3v) is 2.76. The summed E-state index contributed by atoms with van der Waals surface area (Å²) >= 11 is 0. The van der Waals surface area contributed by atoms with E-state index in [1.807, 2.05) is 0 Å². The van der Waals surface area contributed by atoms with Crippen LogP contribution in [0.5, 0.6) is 0 Å². The van der Waals surface area contributed by atoms with Gasteiger partial charge in [-0.3, -0.25) is 0 Å². The average molecular weight is 187 g/mol. The van der Waals surface area contributed by atoms with Gasteiger partial charge in [0.1, 0.15) is 0 Å². The van der Waals surface area contributed by atoms with Gasteiger partial charge in [-0.25, -0.2) is 15.4 Å². The summed E-state index contributed by atoms with van der Waals surface area (Å²) in [5.41, 5.74) is 0. The summed E-state index contributed by atoms with van der Waals surface area (Å²) in [5.74, 6) is -3.05. The summed E-state index contributed by atoms with van der Waals surface area (Å²) in [6.07, 6.45) is 3.99. The minimum Gasteiger partial charge on any atom is -0.317 e. The molecule has 0 amide bonds. The van der Waals surface area contributed by atoms with Crippen LogP contribution < -0.4 is 0 Å². The van der Waals surface area contributed by atoms with Gasteiger partial charge in [-0.15, -0.1) is 0 Å². The second kappa shape index (κ2) is 4.55. The molecule has 0 spiro atoms. The predicted octanol–water partition coefficient (Wildman–Crippen LogP) is 3.51. The normalized spacial score (nSPS) is 19.8. The first-order chi connectivity index (χ1) is 6.17. The molecule has 1 saturated carbocycles. The first-order valence-electron chi connectivity index (χ1n) is 4.88. The lowest BCUT2D eigenvalue weighted by Gasteiger charge is -2.28. The van der Waals surface area contributed by atoms with E-state index >= 15 is 0 Å². The van der Waals surface area contributed by atoms with Crippen molar-refractivity contribution >= 4 is 0 Å². The molecule has 13 heavy (non-hydrogen) atoms. The van der Waals surface area contributed by atoms with Gasteiger partial charge in [-0.1, -0.05) is 19.3 Å². The molecule has 0 radical (unpaired) electrons. The van der Waals surface area contributed by atoms with Gasteiger partial charge in [-0.05, 0) is 12.8 Å². The molecule has 3 heteroatoms. The lowest BCUT2D eigenvalue weighted by atomic mass is 9.83. The standard InChI is InChI=1S/C10H15F2N/c1-13-8-7-10(11,12)9-5-3-2-4-6-9/h9H,2-8H2. The van der Waals surface area contributed by atoms with Crippen molar-refractivity contribution in [1.29, 1.82) is 0 Å². The molecule has 1 aliphatic rings. The van der Waals surface area contributed by atoms with Crippen LogP contribution in [0.2, 0.25) is 0 Å². The molecule has 1 fully saturated rings. The van der Waals surface area contributed by atoms with Crippen molar-refractivity contribution in [3.8, 4) is 0 Å². The Labute approximate surface area is 78.0 Å². The van der Waals surface area contributed by atoms with Crippen LogP contribution in [0.25, 0.3) is 4.85 Å². The Kier molecular flexibility index (Phi) is 3.65. The summed E-state index contributed by atoms with van der Waals surface area (Å²) in [6.45, 7) is 6.45. The molecule has 1 aliphatic carbocycles. The van der Waals surface area contributed by atoms with Crippen molar-refractivity contribution in [3.63, 3.8) is 0 Å². The zero-order valence-corrected chi connectivity index (χ0v) is 7.73. The predicted molar refractivity (Wildman–Crippen MR) is 47.6 cm³/mol. The molecular formula is C10H15F2N. The summed E-state index contributed by atoms with van der Waals surface area (Å²) in [4.78, 5) is 2.99. The van der Waals surface area contributed by atoms with E-state index in [4.69, 9.17) is 6.57 Å². The Balaban J connectivity index is 2.42. The maximum atomic E-state index is 13.4. The van der Waals surface area contributed by atoms with E-state index in [1.165, 1.54) is 0 Å². The third kappa shape index (κ3) is 2.95. The summed E-state index contributed by atoms with van der Waals surface area (Å²) < 4.78 is 26.7. The van der Waals surface area contributed by atoms with E-state index in [0.29, 0.717) is 12.8 Å². The van der Waals surface area contributed by atoms with Gasteiger partial charge in [0.25, 0.3) is 5.92 Å². The fourth-order valence-corrected chi connectivity index (χ4v) is 1.93. The minimum atomic E-state index is -2.59. The topological polar surface area (TPSA) is 4.36 Å². The van der Waals surface area contributed by atoms with E-state index in [0.717, 1.165) is 19.3 Å². The van der Waals surface area contributed by atoms with Crippen LogP contribution in [-0.4, -0.2) is 12.5 Å². The highest BCUT2D eigenvalue weighted by Gasteiger charge is 2.40. The number of nitrogens with zero attached hydrogens (tertiary/aromatic N) is 1. The number of alkyl halides is 2. The van der Waals surface area contributed by atoms with Gasteiger partial charge in [0.05, 0.1) is 6.42 Å². The van der Waals surface area contributed by atoms with Crippen LogP contribution in [0.15, 0.2) is 0 Å². The molecule has 1 rings (SSSR count). The second-order valence-corrected chi connectivity index (χ2v) is 3.73. The lowest BCUT2D eigenvalue weighted by Crippen LogP contribution is -2.30. The van der Waals surface area contributed by atoms with Gasteiger partial charge >= 0.3 is 0 Å². The van der Waals surface area contributed by atoms with Crippen molar-refractivity contribution in [2.24, 2.45) is 5.92 Å². The van der Waals surface area contributed by atoms with Crippen molar-refractivity contribution in [2.75, 3.05) is 6.54 Å². The van der Waals surface area contributed by atoms with Gasteiger partial charge < -0.3 is 4.85 Å². The van der Waals surface area contributed by atoms with Gasteiger partial charge in [0.2, 0.25) is 6.54 Å². The molecule has 0 aromatic carbocycles. The molecule has 0 aromatic rings. The smallest absolute Gasteiger partial charge is 0.258 e. The van der Waals surface area contributed by atoms with Crippen LogP contribution in [-0.2, 0) is 0 Å². The zero-order valence-electron chi connectivity index (χ0n) is 7.73. The average Bonchev–Trinajstić information content (AvgIpc) is 2.16. The molecule has 0 N–H and O–H groups in total. The lowest BCUT2D eigenvalue weighted by molar-refractivity contribution is -0.0738. The maximum Gasteiger partial charge on any atom is 0.258 e. The van der Waals surface area contributed by atoms with E-state index < -0.39 is 11.8 Å². The van der Waals surface area contributed by atoms with Crippen molar-refractivity contribution in [3.05, 3.63) is 11.4 Å². The fourth-order valence-electron chi connectivity index (χ4n) is 1.93. The fraction of sp³-hybridized carbons (Fsp3) is 0.900. The molecule has 0 aliphatic heterocycles. The Morgan fingerprint density at radius 2 is 1.85 bits per heavy atom. The first-order valence-corrected chi connectivity index (χ1v) is 4.88. The largest absolute Gasteiger partial charge is 0.317 e. The van der Waals surface area contributed by atoms with E-state index in [-0.39, 0.29) is 13.0 Å².